The van der Waals surface area contributed by atoms with Gasteiger partial charge in [0.15, 0.2) is 17.3 Å². The van der Waals surface area contributed by atoms with Crippen molar-refractivity contribution in [1.29, 1.82) is 0 Å². The molecule has 1 aromatic heterocycles. The molecule has 1 atom stereocenters. The Morgan fingerprint density at radius 1 is 1.21 bits per heavy atom. The number of hydrogen-bond donors (Lipinski definition) is 2. The SMILES string of the molecule is C[C@@H]1Cn2cnc(C(=O)NC(C)(C)C)c2CN1C(=O)Nc1ccc(F)c(F)c1. The van der Waals surface area contributed by atoms with Crippen molar-refractivity contribution in [3.8, 4) is 0 Å². The lowest BCUT2D eigenvalue weighted by Gasteiger charge is -2.34. The molecule has 2 N–H and O–H groups in total. The second-order valence-corrected chi connectivity index (χ2v) is 7.93. The van der Waals surface area contributed by atoms with Gasteiger partial charge in [-0.1, -0.05) is 0 Å². The first-order valence-electron chi connectivity index (χ1n) is 8.94. The van der Waals surface area contributed by atoms with Crippen LogP contribution in [0.1, 0.15) is 43.9 Å². The lowest BCUT2D eigenvalue weighted by molar-refractivity contribution is 0.0909. The monoisotopic (exact) mass is 391 g/mol. The number of nitrogens with one attached hydrogen (secondary N) is 2. The molecule has 0 radical (unpaired) electrons. The van der Waals surface area contributed by atoms with Gasteiger partial charge in [-0.15, -0.1) is 0 Å². The Bertz CT molecular complexity index is 920. The molecule has 9 heteroatoms. The zero-order valence-electron chi connectivity index (χ0n) is 16.2. The summed E-state index contributed by atoms with van der Waals surface area (Å²) in [5.41, 5.74) is 0.632. The second-order valence-electron chi connectivity index (χ2n) is 7.93. The van der Waals surface area contributed by atoms with Crippen molar-refractivity contribution in [1.82, 2.24) is 19.8 Å². The first-order chi connectivity index (χ1) is 13.0. The maximum Gasteiger partial charge on any atom is 0.322 e. The van der Waals surface area contributed by atoms with Gasteiger partial charge in [-0.25, -0.2) is 18.6 Å². The summed E-state index contributed by atoms with van der Waals surface area (Å²) in [4.78, 5) is 31.0. The predicted octanol–water partition coefficient (Wildman–Crippen LogP) is 3.13. The van der Waals surface area contributed by atoms with E-state index in [1.165, 1.54) is 11.0 Å². The number of fused-ring (bicyclic) bond motifs is 1. The third-order valence-corrected chi connectivity index (χ3v) is 4.39. The van der Waals surface area contributed by atoms with Gasteiger partial charge in [0, 0.05) is 29.9 Å². The summed E-state index contributed by atoms with van der Waals surface area (Å²) in [7, 11) is 0. The number of halogens is 2. The summed E-state index contributed by atoms with van der Waals surface area (Å²) in [5.74, 6) is -2.33. The number of aromatic nitrogens is 2. The number of benzene rings is 1. The fourth-order valence-corrected chi connectivity index (χ4v) is 3.06. The largest absolute Gasteiger partial charge is 0.346 e. The smallest absolute Gasteiger partial charge is 0.322 e. The molecule has 1 aliphatic heterocycles. The van der Waals surface area contributed by atoms with E-state index in [1.54, 1.807) is 6.33 Å². The van der Waals surface area contributed by atoms with Gasteiger partial charge < -0.3 is 20.1 Å². The third kappa shape index (κ3) is 4.13. The van der Waals surface area contributed by atoms with Gasteiger partial charge in [0.05, 0.1) is 18.6 Å². The molecule has 1 aliphatic rings. The molecule has 0 saturated heterocycles. The highest BCUT2D eigenvalue weighted by Crippen LogP contribution is 2.22. The number of carbonyl (C=O) groups is 2. The average molecular weight is 391 g/mol. The maximum atomic E-state index is 13.4. The topological polar surface area (TPSA) is 79.3 Å². The minimum Gasteiger partial charge on any atom is -0.346 e. The fraction of sp³-hybridized carbons (Fsp3) is 0.421. The number of rotatable bonds is 2. The summed E-state index contributed by atoms with van der Waals surface area (Å²) >= 11 is 0. The van der Waals surface area contributed by atoms with E-state index in [9.17, 15) is 18.4 Å². The van der Waals surface area contributed by atoms with Crippen molar-refractivity contribution in [2.45, 2.75) is 52.4 Å². The van der Waals surface area contributed by atoms with E-state index in [1.807, 2.05) is 32.3 Å². The molecule has 150 valence electrons. The van der Waals surface area contributed by atoms with Gasteiger partial charge >= 0.3 is 6.03 Å². The Morgan fingerprint density at radius 3 is 2.57 bits per heavy atom. The molecule has 0 fully saturated rings. The van der Waals surface area contributed by atoms with E-state index < -0.39 is 23.2 Å². The van der Waals surface area contributed by atoms with E-state index in [0.29, 0.717) is 12.2 Å². The molecule has 1 aromatic carbocycles. The summed E-state index contributed by atoms with van der Waals surface area (Å²) in [5, 5.41) is 5.44. The normalized spacial score (nSPS) is 16.5. The number of urea groups is 1. The summed E-state index contributed by atoms with van der Waals surface area (Å²) < 4.78 is 28.3. The highest BCUT2D eigenvalue weighted by Gasteiger charge is 2.31. The quantitative estimate of drug-likeness (QED) is 0.826. The summed E-state index contributed by atoms with van der Waals surface area (Å²) in [6, 6.07) is 2.53. The van der Waals surface area contributed by atoms with Crippen molar-refractivity contribution in [2.75, 3.05) is 5.32 Å². The van der Waals surface area contributed by atoms with Crippen LogP contribution in [0.3, 0.4) is 0 Å². The van der Waals surface area contributed by atoms with Crippen LogP contribution in [-0.2, 0) is 13.1 Å². The Labute approximate surface area is 161 Å². The van der Waals surface area contributed by atoms with E-state index in [2.05, 4.69) is 15.6 Å². The molecule has 0 aliphatic carbocycles. The van der Waals surface area contributed by atoms with Crippen molar-refractivity contribution < 1.29 is 18.4 Å². The molecule has 7 nitrogen and oxygen atoms in total. The molecule has 3 rings (SSSR count). The minimum absolute atomic E-state index is 0.154. The second kappa shape index (κ2) is 7.21. The molecular formula is C19H23F2N5O2. The average Bonchev–Trinajstić information content (AvgIpc) is 2.98. The lowest BCUT2D eigenvalue weighted by Crippen LogP contribution is -2.47. The minimum atomic E-state index is -1.04. The van der Waals surface area contributed by atoms with Gasteiger partial charge in [0.1, 0.15) is 0 Å². The van der Waals surface area contributed by atoms with E-state index in [0.717, 1.165) is 12.1 Å². The van der Waals surface area contributed by atoms with Crippen molar-refractivity contribution in [2.24, 2.45) is 0 Å². The highest BCUT2D eigenvalue weighted by molar-refractivity contribution is 5.94. The van der Waals surface area contributed by atoms with Gasteiger partial charge in [0.2, 0.25) is 0 Å². The molecule has 2 heterocycles. The number of nitrogens with zero attached hydrogens (tertiary/aromatic N) is 3. The van der Waals surface area contributed by atoms with Crippen LogP contribution in [0.15, 0.2) is 24.5 Å². The van der Waals surface area contributed by atoms with Crippen molar-refractivity contribution in [3.63, 3.8) is 0 Å². The Morgan fingerprint density at radius 2 is 1.93 bits per heavy atom. The fourth-order valence-electron chi connectivity index (χ4n) is 3.06. The number of hydrogen-bond acceptors (Lipinski definition) is 3. The molecular weight excluding hydrogens is 368 g/mol. The molecule has 0 spiro atoms. The van der Waals surface area contributed by atoms with Crippen LogP contribution in [0.4, 0.5) is 19.3 Å². The lowest BCUT2D eigenvalue weighted by atomic mass is 10.1. The third-order valence-electron chi connectivity index (χ3n) is 4.39. The summed E-state index contributed by atoms with van der Waals surface area (Å²) in [6.07, 6.45) is 1.59. The molecule has 0 unspecified atom stereocenters. The van der Waals surface area contributed by atoms with Gasteiger partial charge in [0.25, 0.3) is 5.91 Å². The van der Waals surface area contributed by atoms with Gasteiger partial charge in [-0.05, 0) is 39.8 Å². The Hall–Kier alpha value is -2.97. The van der Waals surface area contributed by atoms with Crippen LogP contribution in [0.25, 0.3) is 0 Å². The molecule has 2 aromatic rings. The number of anilines is 1. The van der Waals surface area contributed by atoms with Crippen LogP contribution >= 0.6 is 0 Å². The van der Waals surface area contributed by atoms with E-state index >= 15 is 0 Å². The zero-order valence-corrected chi connectivity index (χ0v) is 16.2. The van der Waals surface area contributed by atoms with Gasteiger partial charge in [-0.3, -0.25) is 4.79 Å². The van der Waals surface area contributed by atoms with Crippen molar-refractivity contribution in [3.05, 3.63) is 47.5 Å². The standard InChI is InChI=1S/C19H23F2N5O2/c1-11-8-25-10-22-16(17(27)24-19(2,3)4)15(25)9-26(11)18(28)23-12-5-6-13(20)14(21)7-12/h5-7,10-11H,8-9H2,1-4H3,(H,23,28)(H,24,27)/t11-/m1/s1. The predicted molar refractivity (Wildman–Crippen MR) is 99.8 cm³/mol. The number of imidazole rings is 1. The highest BCUT2D eigenvalue weighted by atomic mass is 19.2. The molecule has 28 heavy (non-hydrogen) atoms. The van der Waals surface area contributed by atoms with Crippen molar-refractivity contribution >= 4 is 17.6 Å². The van der Waals surface area contributed by atoms with Crippen LogP contribution in [0, 0.1) is 11.6 Å². The Balaban J connectivity index is 1.79. The first kappa shape index (κ1) is 19.8. The summed E-state index contributed by atoms with van der Waals surface area (Å²) in [6.45, 7) is 8.12. The molecule has 0 saturated carbocycles. The Kier molecular flexibility index (Phi) is 5.10. The van der Waals surface area contributed by atoms with Crippen LogP contribution in [-0.4, -0.2) is 38.0 Å². The van der Waals surface area contributed by atoms with E-state index in [-0.39, 0.29) is 29.9 Å². The number of carbonyl (C=O) groups excluding carboxylic acids is 2. The number of amides is 3. The first-order valence-corrected chi connectivity index (χ1v) is 8.94. The van der Waals surface area contributed by atoms with Crippen LogP contribution in [0.5, 0.6) is 0 Å². The van der Waals surface area contributed by atoms with Gasteiger partial charge in [-0.2, -0.15) is 0 Å². The molecule has 3 amide bonds. The van der Waals surface area contributed by atoms with Crippen LogP contribution in [0.2, 0.25) is 0 Å². The molecule has 0 bridgehead atoms. The zero-order chi connectivity index (χ0) is 20.6. The van der Waals surface area contributed by atoms with Crippen LogP contribution < -0.4 is 10.6 Å². The van der Waals surface area contributed by atoms with E-state index in [4.69, 9.17) is 0 Å². The maximum absolute atomic E-state index is 13.4.